The zero-order chi connectivity index (χ0) is 22.4. The Morgan fingerprint density at radius 3 is 2.40 bits per heavy atom. The summed E-state index contributed by atoms with van der Waals surface area (Å²) >= 11 is 11.9. The maximum Gasteiger partial charge on any atom is 0.305 e. The van der Waals surface area contributed by atoms with E-state index in [9.17, 15) is 14.7 Å². The number of carbonyl (C=O) groups is 2. The monoisotopic (exact) mass is 460 g/mol. The van der Waals surface area contributed by atoms with E-state index in [2.05, 4.69) is 0 Å². The van der Waals surface area contributed by atoms with E-state index >= 15 is 0 Å². The molecule has 0 saturated heterocycles. The van der Waals surface area contributed by atoms with Crippen molar-refractivity contribution in [1.82, 2.24) is 0 Å². The number of aliphatic hydroxyl groups excluding tert-OH is 1. The van der Waals surface area contributed by atoms with Crippen molar-refractivity contribution < 1.29 is 24.2 Å². The first-order valence-corrected chi connectivity index (χ1v) is 11.5. The number of aliphatic hydroxyl groups is 1. The number of ether oxygens (including phenoxy) is 2. The van der Waals surface area contributed by atoms with Gasteiger partial charge in [-0.05, 0) is 57.7 Å². The summed E-state index contributed by atoms with van der Waals surface area (Å²) in [7, 11) is 0. The van der Waals surface area contributed by atoms with Gasteiger partial charge in [0.2, 0.25) is 0 Å². The number of halogens is 2. The summed E-state index contributed by atoms with van der Waals surface area (Å²) in [5.74, 6) is 0.568. The molecule has 7 heteroatoms. The van der Waals surface area contributed by atoms with Gasteiger partial charge in [-0.1, -0.05) is 48.9 Å². The van der Waals surface area contributed by atoms with Crippen LogP contribution in [0.2, 0.25) is 10.0 Å². The molecule has 0 spiro atoms. The van der Waals surface area contributed by atoms with Crippen LogP contribution in [0.4, 0.5) is 0 Å². The number of hydrogen-bond acceptors (Lipinski definition) is 5. The second-order valence-electron chi connectivity index (χ2n) is 7.54. The Balaban J connectivity index is 2.19. The van der Waals surface area contributed by atoms with E-state index < -0.39 is 6.10 Å². The van der Waals surface area contributed by atoms with E-state index in [1.807, 2.05) is 0 Å². The zero-order valence-corrected chi connectivity index (χ0v) is 19.5. The van der Waals surface area contributed by atoms with Crippen LogP contribution in [0.15, 0.2) is 18.2 Å². The van der Waals surface area contributed by atoms with Crippen LogP contribution in [0.1, 0.15) is 71.6 Å². The minimum absolute atomic E-state index is 0.0221. The van der Waals surface area contributed by atoms with Gasteiger partial charge in [-0.3, -0.25) is 9.59 Å². The number of Topliss-reactive ketones (excluding diaryl/α,β-unsaturated/α-hetero) is 1. The number of carbonyl (C=O) groups excluding carboxylic acids is 2. The molecule has 0 amide bonds. The van der Waals surface area contributed by atoms with Crippen LogP contribution < -0.4 is 4.74 Å². The Morgan fingerprint density at radius 2 is 1.73 bits per heavy atom. The van der Waals surface area contributed by atoms with Gasteiger partial charge in [0.25, 0.3) is 0 Å². The average molecular weight is 461 g/mol. The fraction of sp³-hybridized carbons (Fsp3) is 0.652. The molecule has 2 atom stereocenters. The molecule has 0 fully saturated rings. The Hall–Kier alpha value is -1.30. The first-order chi connectivity index (χ1) is 14.3. The second kappa shape index (κ2) is 15.5. The second-order valence-corrected chi connectivity index (χ2v) is 8.38. The smallest absolute Gasteiger partial charge is 0.305 e. The molecule has 0 aliphatic carbocycles. The van der Waals surface area contributed by atoms with Crippen molar-refractivity contribution in [3.05, 3.63) is 28.2 Å². The van der Waals surface area contributed by atoms with Crippen LogP contribution in [0.25, 0.3) is 0 Å². The predicted molar refractivity (Wildman–Crippen MR) is 120 cm³/mol. The standard InChI is InChI=1S/C23H34Cl2O5/c1-3-29-23(28)12-7-5-4-6-9-18(17(2)26)10-8-11-20(27)16-30-22-14-13-19(24)15-21(22)25/h13-15,18,20,27H,3-12,16H2,1-2H3. The van der Waals surface area contributed by atoms with Gasteiger partial charge in [0.1, 0.15) is 18.1 Å². The van der Waals surface area contributed by atoms with Crippen molar-refractivity contribution in [2.24, 2.45) is 5.92 Å². The van der Waals surface area contributed by atoms with Crippen LogP contribution in [-0.2, 0) is 14.3 Å². The summed E-state index contributed by atoms with van der Waals surface area (Å²) in [6.07, 6.45) is 6.53. The Bertz CT molecular complexity index is 650. The molecule has 1 aromatic rings. The summed E-state index contributed by atoms with van der Waals surface area (Å²) < 4.78 is 10.5. The first kappa shape index (κ1) is 26.7. The van der Waals surface area contributed by atoms with Crippen molar-refractivity contribution in [2.45, 2.75) is 77.7 Å². The maximum absolute atomic E-state index is 11.9. The van der Waals surface area contributed by atoms with Crippen molar-refractivity contribution in [1.29, 1.82) is 0 Å². The van der Waals surface area contributed by atoms with Gasteiger partial charge < -0.3 is 14.6 Å². The molecule has 30 heavy (non-hydrogen) atoms. The molecule has 0 saturated carbocycles. The van der Waals surface area contributed by atoms with Crippen LogP contribution in [0, 0.1) is 5.92 Å². The number of rotatable bonds is 16. The van der Waals surface area contributed by atoms with Gasteiger partial charge >= 0.3 is 5.97 Å². The van der Waals surface area contributed by atoms with E-state index in [1.54, 1.807) is 32.0 Å². The summed E-state index contributed by atoms with van der Waals surface area (Å²) in [6, 6.07) is 4.96. The summed E-state index contributed by atoms with van der Waals surface area (Å²) in [4.78, 5) is 23.2. The topological polar surface area (TPSA) is 72.8 Å². The van der Waals surface area contributed by atoms with E-state index in [1.165, 1.54) is 0 Å². The molecule has 0 radical (unpaired) electrons. The molecule has 0 aliphatic rings. The fourth-order valence-electron chi connectivity index (χ4n) is 3.26. The van der Waals surface area contributed by atoms with Crippen LogP contribution >= 0.6 is 23.2 Å². The average Bonchev–Trinajstić information content (AvgIpc) is 2.68. The third kappa shape index (κ3) is 11.8. The molecule has 0 aromatic heterocycles. The van der Waals surface area contributed by atoms with Crippen molar-refractivity contribution >= 4 is 35.0 Å². The number of unbranched alkanes of at least 4 members (excludes halogenated alkanes) is 3. The lowest BCUT2D eigenvalue weighted by Crippen LogP contribution is -2.19. The molecule has 0 bridgehead atoms. The summed E-state index contributed by atoms with van der Waals surface area (Å²) in [5.41, 5.74) is 0. The van der Waals surface area contributed by atoms with Crippen molar-refractivity contribution in [2.75, 3.05) is 13.2 Å². The summed E-state index contributed by atoms with van der Waals surface area (Å²) in [5, 5.41) is 11.1. The van der Waals surface area contributed by atoms with Gasteiger partial charge in [0.15, 0.2) is 0 Å². The van der Waals surface area contributed by atoms with Crippen LogP contribution in [-0.4, -0.2) is 36.2 Å². The van der Waals surface area contributed by atoms with Crippen molar-refractivity contribution in [3.8, 4) is 5.75 Å². The lowest BCUT2D eigenvalue weighted by Gasteiger charge is -2.16. The molecule has 1 aromatic carbocycles. The molecule has 1 rings (SSSR count). The largest absolute Gasteiger partial charge is 0.489 e. The molecular formula is C23H34Cl2O5. The van der Waals surface area contributed by atoms with Gasteiger partial charge in [-0.15, -0.1) is 0 Å². The molecule has 0 aliphatic heterocycles. The molecular weight excluding hydrogens is 427 g/mol. The normalized spacial score (nSPS) is 13.0. The highest BCUT2D eigenvalue weighted by molar-refractivity contribution is 6.35. The van der Waals surface area contributed by atoms with Gasteiger partial charge in [-0.25, -0.2) is 0 Å². The molecule has 5 nitrogen and oxygen atoms in total. The Kier molecular flexibility index (Phi) is 13.8. The third-order valence-electron chi connectivity index (χ3n) is 4.98. The number of ketones is 1. The quantitative estimate of drug-likeness (QED) is 0.241. The van der Waals surface area contributed by atoms with E-state index in [4.69, 9.17) is 32.7 Å². The highest BCUT2D eigenvalue weighted by Gasteiger charge is 2.15. The minimum atomic E-state index is -0.618. The Labute approximate surface area is 190 Å². The van der Waals surface area contributed by atoms with E-state index in [0.29, 0.717) is 35.2 Å². The van der Waals surface area contributed by atoms with Gasteiger partial charge in [0.05, 0.1) is 17.7 Å². The predicted octanol–water partition coefficient (Wildman–Crippen LogP) is 6.01. The summed E-state index contributed by atoms with van der Waals surface area (Å²) in [6.45, 7) is 4.01. The van der Waals surface area contributed by atoms with E-state index in [-0.39, 0.29) is 24.3 Å². The number of benzene rings is 1. The fourth-order valence-corrected chi connectivity index (χ4v) is 3.72. The molecule has 1 N–H and O–H groups in total. The lowest BCUT2D eigenvalue weighted by molar-refractivity contribution is -0.143. The Morgan fingerprint density at radius 1 is 1.03 bits per heavy atom. The lowest BCUT2D eigenvalue weighted by atomic mass is 9.91. The zero-order valence-electron chi connectivity index (χ0n) is 18.0. The third-order valence-corrected chi connectivity index (χ3v) is 5.51. The first-order valence-electron chi connectivity index (χ1n) is 10.8. The minimum Gasteiger partial charge on any atom is -0.489 e. The maximum atomic E-state index is 11.9. The highest BCUT2D eigenvalue weighted by atomic mass is 35.5. The van der Waals surface area contributed by atoms with Gasteiger partial charge in [0, 0.05) is 17.4 Å². The van der Waals surface area contributed by atoms with Gasteiger partial charge in [-0.2, -0.15) is 0 Å². The van der Waals surface area contributed by atoms with Crippen LogP contribution in [0.5, 0.6) is 5.75 Å². The number of hydrogen-bond donors (Lipinski definition) is 1. The highest BCUT2D eigenvalue weighted by Crippen LogP contribution is 2.28. The molecule has 0 heterocycles. The molecule has 170 valence electrons. The SMILES string of the molecule is CCOC(=O)CCCCCCC(CCCC(O)COc1ccc(Cl)cc1Cl)C(C)=O. The molecule has 2 unspecified atom stereocenters. The van der Waals surface area contributed by atoms with Crippen molar-refractivity contribution in [3.63, 3.8) is 0 Å². The van der Waals surface area contributed by atoms with Crippen LogP contribution in [0.3, 0.4) is 0 Å². The number of esters is 1. The van der Waals surface area contributed by atoms with E-state index in [0.717, 1.165) is 44.9 Å².